The van der Waals surface area contributed by atoms with Crippen LogP contribution in [-0.2, 0) is 9.59 Å². The maximum atomic E-state index is 11.6. The van der Waals surface area contributed by atoms with Crippen molar-refractivity contribution in [2.24, 2.45) is 0 Å². The van der Waals surface area contributed by atoms with E-state index in [2.05, 4.69) is 5.32 Å². The maximum absolute atomic E-state index is 11.6. The summed E-state index contributed by atoms with van der Waals surface area (Å²) < 4.78 is 0. The third-order valence-corrected chi connectivity index (χ3v) is 2.82. The largest absolute Gasteiger partial charge is 0.481 e. The van der Waals surface area contributed by atoms with Crippen LogP contribution < -0.4 is 5.32 Å². The molecule has 0 fully saturated rings. The molecule has 1 amide bonds. The summed E-state index contributed by atoms with van der Waals surface area (Å²) in [6.07, 6.45) is -0.208. The Hall–Kier alpha value is -3.04. The van der Waals surface area contributed by atoms with Crippen molar-refractivity contribution in [2.45, 2.75) is 26.2 Å². The van der Waals surface area contributed by atoms with Crippen molar-refractivity contribution in [1.82, 2.24) is 0 Å². The molecule has 1 aromatic carbocycles. The zero-order valence-electron chi connectivity index (χ0n) is 11.6. The van der Waals surface area contributed by atoms with Crippen LogP contribution in [0.25, 0.3) is 0 Å². The number of rotatable bonds is 7. The Morgan fingerprint density at radius 1 is 1.14 bits per heavy atom. The summed E-state index contributed by atoms with van der Waals surface area (Å²) in [5.41, 5.74) is -1.15. The summed E-state index contributed by atoms with van der Waals surface area (Å²) in [7, 11) is 0. The summed E-state index contributed by atoms with van der Waals surface area (Å²) in [6, 6.07) is 2.05. The van der Waals surface area contributed by atoms with E-state index in [4.69, 9.17) is 5.11 Å². The minimum absolute atomic E-state index is 0.0793. The molecule has 1 rings (SSSR count). The van der Waals surface area contributed by atoms with Gasteiger partial charge in [-0.25, -0.2) is 0 Å². The molecule has 0 atom stereocenters. The molecule has 0 saturated carbocycles. The van der Waals surface area contributed by atoms with E-state index < -0.39 is 33.1 Å². The van der Waals surface area contributed by atoms with E-state index >= 15 is 0 Å². The van der Waals surface area contributed by atoms with Crippen LogP contribution in [0.5, 0.6) is 0 Å². The fourth-order valence-corrected chi connectivity index (χ4v) is 1.76. The first-order chi connectivity index (χ1) is 10.2. The SMILES string of the molecule is Cc1c([N+](=O)[O-])cc(NC(=O)CCCC(=O)O)cc1[N+](=O)[O-]. The second-order valence-electron chi connectivity index (χ2n) is 4.45. The number of carbonyl (C=O) groups is 2. The van der Waals surface area contributed by atoms with Crippen molar-refractivity contribution in [1.29, 1.82) is 0 Å². The molecular weight excluding hydrogens is 298 g/mol. The maximum Gasteiger partial charge on any atom is 0.303 e. The number of hydrogen-bond acceptors (Lipinski definition) is 6. The Kier molecular flexibility index (Phi) is 5.50. The molecule has 0 saturated heterocycles. The molecule has 0 spiro atoms. The molecular formula is C12H13N3O7. The average Bonchev–Trinajstić information content (AvgIpc) is 2.39. The normalized spacial score (nSPS) is 10.0. The van der Waals surface area contributed by atoms with Crippen LogP contribution in [-0.4, -0.2) is 26.8 Å². The highest BCUT2D eigenvalue weighted by atomic mass is 16.6. The van der Waals surface area contributed by atoms with Gasteiger partial charge in [0.05, 0.1) is 15.5 Å². The Bertz CT molecular complexity index is 607. The highest BCUT2D eigenvalue weighted by Gasteiger charge is 2.23. The standard InChI is InChI=1S/C12H13N3O7/c1-7-9(14(19)20)5-8(6-10(7)15(21)22)13-11(16)3-2-4-12(17)18/h5-6H,2-4H2,1H3,(H,13,16)(H,17,18). The predicted octanol–water partition coefficient (Wildman–Crippen LogP) is 2.00. The molecule has 10 heteroatoms. The summed E-state index contributed by atoms with van der Waals surface area (Å²) in [5, 5.41) is 32.5. The van der Waals surface area contributed by atoms with E-state index in [1.165, 1.54) is 6.92 Å². The molecule has 0 aliphatic carbocycles. The average molecular weight is 311 g/mol. The first-order valence-corrected chi connectivity index (χ1v) is 6.17. The summed E-state index contributed by atoms with van der Waals surface area (Å²) in [4.78, 5) is 42.2. The summed E-state index contributed by atoms with van der Waals surface area (Å²) in [5.74, 6) is -1.62. The van der Waals surface area contributed by atoms with Gasteiger partial charge in [-0.05, 0) is 13.3 Å². The molecule has 2 N–H and O–H groups in total. The molecule has 0 aliphatic rings. The third-order valence-electron chi connectivity index (χ3n) is 2.82. The number of nitro groups is 2. The minimum Gasteiger partial charge on any atom is -0.481 e. The topological polar surface area (TPSA) is 153 Å². The fourth-order valence-electron chi connectivity index (χ4n) is 1.76. The zero-order valence-corrected chi connectivity index (χ0v) is 11.6. The number of carboxylic acid groups (broad SMARTS) is 1. The second kappa shape index (κ2) is 7.11. The van der Waals surface area contributed by atoms with Gasteiger partial charge in [-0.2, -0.15) is 0 Å². The number of nitrogens with zero attached hydrogens (tertiary/aromatic N) is 2. The van der Waals surface area contributed by atoms with Crippen LogP contribution in [0.15, 0.2) is 12.1 Å². The molecule has 0 aliphatic heterocycles. The van der Waals surface area contributed by atoms with E-state index in [1.807, 2.05) is 0 Å². The van der Waals surface area contributed by atoms with E-state index in [0.29, 0.717) is 0 Å². The quantitative estimate of drug-likeness (QED) is 0.576. The Labute approximate surface area is 124 Å². The van der Waals surface area contributed by atoms with Crippen LogP contribution in [0.2, 0.25) is 0 Å². The number of amides is 1. The molecule has 22 heavy (non-hydrogen) atoms. The molecule has 0 unspecified atom stereocenters. The van der Waals surface area contributed by atoms with Crippen LogP contribution in [0.3, 0.4) is 0 Å². The number of anilines is 1. The van der Waals surface area contributed by atoms with Gasteiger partial charge in [-0.3, -0.25) is 29.8 Å². The number of carboxylic acids is 1. The first-order valence-electron chi connectivity index (χ1n) is 6.17. The number of aliphatic carboxylic acids is 1. The van der Waals surface area contributed by atoms with Gasteiger partial charge in [-0.1, -0.05) is 0 Å². The second-order valence-corrected chi connectivity index (χ2v) is 4.45. The lowest BCUT2D eigenvalue weighted by atomic mass is 10.1. The van der Waals surface area contributed by atoms with Gasteiger partial charge in [0.15, 0.2) is 0 Å². The molecule has 118 valence electrons. The predicted molar refractivity (Wildman–Crippen MR) is 74.6 cm³/mol. The number of benzene rings is 1. The lowest BCUT2D eigenvalue weighted by molar-refractivity contribution is -0.395. The van der Waals surface area contributed by atoms with Crippen LogP contribution >= 0.6 is 0 Å². The Balaban J connectivity index is 2.95. The lowest BCUT2D eigenvalue weighted by Gasteiger charge is -2.06. The number of carbonyl (C=O) groups excluding carboxylic acids is 1. The molecule has 0 heterocycles. The van der Waals surface area contributed by atoms with Crippen molar-refractivity contribution in [2.75, 3.05) is 5.32 Å². The number of nitro benzene ring substituents is 2. The Morgan fingerprint density at radius 3 is 2.05 bits per heavy atom. The highest BCUT2D eigenvalue weighted by Crippen LogP contribution is 2.31. The van der Waals surface area contributed by atoms with Crippen molar-refractivity contribution in [3.05, 3.63) is 37.9 Å². The van der Waals surface area contributed by atoms with Crippen LogP contribution in [0.1, 0.15) is 24.8 Å². The van der Waals surface area contributed by atoms with Gasteiger partial charge in [0, 0.05) is 25.0 Å². The van der Waals surface area contributed by atoms with Gasteiger partial charge in [0.1, 0.15) is 5.56 Å². The molecule has 0 radical (unpaired) electrons. The molecule has 10 nitrogen and oxygen atoms in total. The lowest BCUT2D eigenvalue weighted by Crippen LogP contribution is -2.12. The minimum atomic E-state index is -1.05. The first kappa shape index (κ1) is 17.0. The molecule has 0 bridgehead atoms. The number of hydrogen-bond donors (Lipinski definition) is 2. The summed E-state index contributed by atoms with van der Waals surface area (Å²) >= 11 is 0. The van der Waals surface area contributed by atoms with Crippen LogP contribution in [0.4, 0.5) is 17.1 Å². The van der Waals surface area contributed by atoms with Gasteiger partial charge in [0.25, 0.3) is 11.4 Å². The van der Waals surface area contributed by atoms with Crippen LogP contribution in [0, 0.1) is 27.2 Å². The van der Waals surface area contributed by atoms with Gasteiger partial charge in [0.2, 0.25) is 5.91 Å². The van der Waals surface area contributed by atoms with E-state index in [0.717, 1.165) is 12.1 Å². The van der Waals surface area contributed by atoms with Gasteiger partial charge in [-0.15, -0.1) is 0 Å². The van der Waals surface area contributed by atoms with E-state index in [9.17, 15) is 29.8 Å². The fraction of sp³-hybridized carbons (Fsp3) is 0.333. The number of nitrogens with one attached hydrogen (secondary N) is 1. The highest BCUT2D eigenvalue weighted by molar-refractivity contribution is 5.92. The van der Waals surface area contributed by atoms with E-state index in [1.54, 1.807) is 0 Å². The third kappa shape index (κ3) is 4.51. The Morgan fingerprint density at radius 2 is 1.64 bits per heavy atom. The monoisotopic (exact) mass is 311 g/mol. The van der Waals surface area contributed by atoms with Crippen molar-refractivity contribution >= 4 is 28.9 Å². The van der Waals surface area contributed by atoms with Gasteiger partial charge >= 0.3 is 5.97 Å². The van der Waals surface area contributed by atoms with E-state index in [-0.39, 0.29) is 30.5 Å². The molecule has 0 aromatic heterocycles. The van der Waals surface area contributed by atoms with Crippen molar-refractivity contribution in [3.63, 3.8) is 0 Å². The smallest absolute Gasteiger partial charge is 0.303 e. The zero-order chi connectivity index (χ0) is 16.9. The van der Waals surface area contributed by atoms with Crippen molar-refractivity contribution < 1.29 is 24.5 Å². The van der Waals surface area contributed by atoms with Crippen molar-refractivity contribution in [3.8, 4) is 0 Å². The molecule has 1 aromatic rings. The van der Waals surface area contributed by atoms with Gasteiger partial charge < -0.3 is 10.4 Å². The summed E-state index contributed by atoms with van der Waals surface area (Å²) in [6.45, 7) is 1.24.